The van der Waals surface area contributed by atoms with Crippen LogP contribution in [0.15, 0.2) is 18.2 Å². The highest BCUT2D eigenvalue weighted by Crippen LogP contribution is 2.23. The summed E-state index contributed by atoms with van der Waals surface area (Å²) in [6.45, 7) is 2.65. The van der Waals surface area contributed by atoms with Gasteiger partial charge in [0.1, 0.15) is 17.5 Å². The zero-order valence-electron chi connectivity index (χ0n) is 10.6. The van der Waals surface area contributed by atoms with E-state index >= 15 is 0 Å². The van der Waals surface area contributed by atoms with Gasteiger partial charge in [0.2, 0.25) is 5.91 Å². The van der Waals surface area contributed by atoms with Crippen LogP contribution in [-0.2, 0) is 4.79 Å². The molecule has 0 bridgehead atoms. The number of hydrogen-bond donors (Lipinski definition) is 3. The highest BCUT2D eigenvalue weighted by molar-refractivity contribution is 5.98. The molecule has 3 N–H and O–H groups in total. The van der Waals surface area contributed by atoms with Crippen molar-refractivity contribution in [2.45, 2.75) is 19.4 Å². The molecule has 0 aliphatic carbocycles. The molecular weight excluding hydrogens is 248 g/mol. The Morgan fingerprint density at radius 2 is 2.00 bits per heavy atom. The van der Waals surface area contributed by atoms with Crippen molar-refractivity contribution in [3.8, 4) is 11.5 Å². The quantitative estimate of drug-likeness (QED) is 0.723. The lowest BCUT2D eigenvalue weighted by Crippen LogP contribution is -2.56. The fraction of sp³-hybridized carbons (Fsp3) is 0.385. The van der Waals surface area contributed by atoms with Crippen molar-refractivity contribution < 1.29 is 19.8 Å². The zero-order chi connectivity index (χ0) is 14.0. The molecule has 0 aromatic heterocycles. The Morgan fingerprint density at radius 1 is 1.37 bits per heavy atom. The first kappa shape index (κ1) is 13.2. The molecule has 1 saturated heterocycles. The number of amides is 2. The van der Waals surface area contributed by atoms with Crippen molar-refractivity contribution in [3.05, 3.63) is 23.8 Å². The number of phenolic OH excluding ortho intramolecular Hbond substituents is 2. The van der Waals surface area contributed by atoms with Gasteiger partial charge in [0, 0.05) is 24.7 Å². The van der Waals surface area contributed by atoms with Gasteiger partial charge in [0.05, 0.1) is 0 Å². The Labute approximate surface area is 110 Å². The predicted molar refractivity (Wildman–Crippen MR) is 67.9 cm³/mol. The topological polar surface area (TPSA) is 89.9 Å². The van der Waals surface area contributed by atoms with E-state index in [1.165, 1.54) is 17.0 Å². The largest absolute Gasteiger partial charge is 0.508 e. The van der Waals surface area contributed by atoms with Crippen molar-refractivity contribution in [2.75, 3.05) is 13.1 Å². The molecular formula is C13H16N2O4. The first-order valence-electron chi connectivity index (χ1n) is 6.14. The zero-order valence-corrected chi connectivity index (χ0v) is 10.6. The summed E-state index contributed by atoms with van der Waals surface area (Å²) in [5, 5.41) is 21.5. The van der Waals surface area contributed by atoms with E-state index in [1.807, 2.05) is 6.92 Å². The van der Waals surface area contributed by atoms with Crippen LogP contribution in [0.25, 0.3) is 0 Å². The molecule has 1 aromatic carbocycles. The second kappa shape index (κ2) is 5.17. The molecule has 1 aromatic rings. The predicted octanol–water partition coefficient (Wildman–Crippen LogP) is 0.448. The van der Waals surface area contributed by atoms with Crippen LogP contribution in [0.1, 0.15) is 23.7 Å². The van der Waals surface area contributed by atoms with Crippen LogP contribution in [0.4, 0.5) is 0 Å². The molecule has 6 heteroatoms. The molecule has 1 aliphatic heterocycles. The van der Waals surface area contributed by atoms with Gasteiger partial charge in [-0.25, -0.2) is 0 Å². The minimum Gasteiger partial charge on any atom is -0.508 e. The highest BCUT2D eigenvalue weighted by Gasteiger charge is 2.32. The van der Waals surface area contributed by atoms with Gasteiger partial charge in [-0.2, -0.15) is 0 Å². The van der Waals surface area contributed by atoms with E-state index in [-0.39, 0.29) is 28.9 Å². The van der Waals surface area contributed by atoms with Gasteiger partial charge in [0.15, 0.2) is 0 Å². The van der Waals surface area contributed by atoms with E-state index in [9.17, 15) is 19.8 Å². The number of carbonyl (C=O) groups excluding carboxylic acids is 2. The summed E-state index contributed by atoms with van der Waals surface area (Å²) in [5.41, 5.74) is 0.172. The SMILES string of the molecule is CCC1C(=O)NCCN1C(=O)c1cc(O)cc(O)c1. The number of hydrogen-bond acceptors (Lipinski definition) is 4. The van der Waals surface area contributed by atoms with Gasteiger partial charge in [-0.3, -0.25) is 9.59 Å². The summed E-state index contributed by atoms with van der Waals surface area (Å²) < 4.78 is 0. The van der Waals surface area contributed by atoms with E-state index < -0.39 is 6.04 Å². The van der Waals surface area contributed by atoms with E-state index in [2.05, 4.69) is 5.32 Å². The molecule has 1 aliphatic rings. The smallest absolute Gasteiger partial charge is 0.254 e. The molecule has 0 spiro atoms. The number of piperazine rings is 1. The Morgan fingerprint density at radius 3 is 2.58 bits per heavy atom. The Hall–Kier alpha value is -2.24. The normalized spacial score (nSPS) is 19.1. The fourth-order valence-corrected chi connectivity index (χ4v) is 2.25. The Bertz CT molecular complexity index is 495. The molecule has 6 nitrogen and oxygen atoms in total. The molecule has 0 saturated carbocycles. The second-order valence-electron chi connectivity index (χ2n) is 4.45. The van der Waals surface area contributed by atoms with Crippen LogP contribution >= 0.6 is 0 Å². The standard InChI is InChI=1S/C13H16N2O4/c1-2-11-12(18)14-3-4-15(11)13(19)8-5-9(16)7-10(17)6-8/h5-7,11,16-17H,2-4H2,1H3,(H,14,18). The number of benzene rings is 1. The lowest BCUT2D eigenvalue weighted by molar-refractivity contribution is -0.127. The number of nitrogens with zero attached hydrogens (tertiary/aromatic N) is 1. The van der Waals surface area contributed by atoms with Gasteiger partial charge >= 0.3 is 0 Å². The van der Waals surface area contributed by atoms with Gasteiger partial charge in [-0.1, -0.05) is 6.92 Å². The summed E-state index contributed by atoms with van der Waals surface area (Å²) in [5.74, 6) is -0.907. The summed E-state index contributed by atoms with van der Waals surface area (Å²) >= 11 is 0. The molecule has 1 heterocycles. The van der Waals surface area contributed by atoms with E-state index in [1.54, 1.807) is 0 Å². The van der Waals surface area contributed by atoms with Crippen LogP contribution in [-0.4, -0.2) is 46.1 Å². The lowest BCUT2D eigenvalue weighted by atomic mass is 10.1. The Balaban J connectivity index is 2.29. The fourth-order valence-electron chi connectivity index (χ4n) is 2.25. The molecule has 1 unspecified atom stereocenters. The maximum absolute atomic E-state index is 12.3. The van der Waals surface area contributed by atoms with Crippen LogP contribution in [0.2, 0.25) is 0 Å². The van der Waals surface area contributed by atoms with Crippen molar-refractivity contribution in [2.24, 2.45) is 0 Å². The first-order valence-corrected chi connectivity index (χ1v) is 6.14. The van der Waals surface area contributed by atoms with E-state index in [4.69, 9.17) is 0 Å². The maximum Gasteiger partial charge on any atom is 0.254 e. The number of phenols is 2. The average Bonchev–Trinajstić information content (AvgIpc) is 2.36. The second-order valence-corrected chi connectivity index (χ2v) is 4.45. The molecule has 102 valence electrons. The summed E-state index contributed by atoms with van der Waals surface area (Å²) in [6, 6.07) is 3.20. The summed E-state index contributed by atoms with van der Waals surface area (Å²) in [4.78, 5) is 25.5. The van der Waals surface area contributed by atoms with Gasteiger partial charge in [-0.15, -0.1) is 0 Å². The first-order chi connectivity index (χ1) is 9.02. The van der Waals surface area contributed by atoms with Crippen molar-refractivity contribution in [1.29, 1.82) is 0 Å². The minimum absolute atomic E-state index is 0.172. The third kappa shape index (κ3) is 2.62. The number of nitrogens with one attached hydrogen (secondary N) is 1. The van der Waals surface area contributed by atoms with Crippen LogP contribution < -0.4 is 5.32 Å². The number of aromatic hydroxyl groups is 2. The summed E-state index contributed by atoms with van der Waals surface area (Å²) in [7, 11) is 0. The summed E-state index contributed by atoms with van der Waals surface area (Å²) in [6.07, 6.45) is 0.516. The lowest BCUT2D eigenvalue weighted by Gasteiger charge is -2.34. The maximum atomic E-state index is 12.3. The number of rotatable bonds is 2. The monoisotopic (exact) mass is 264 g/mol. The third-order valence-electron chi connectivity index (χ3n) is 3.13. The molecule has 2 rings (SSSR count). The molecule has 2 amide bonds. The van der Waals surface area contributed by atoms with Crippen LogP contribution in [0.3, 0.4) is 0 Å². The van der Waals surface area contributed by atoms with E-state index in [0.717, 1.165) is 6.07 Å². The third-order valence-corrected chi connectivity index (χ3v) is 3.13. The molecule has 1 fully saturated rings. The molecule has 19 heavy (non-hydrogen) atoms. The molecule has 1 atom stereocenters. The Kier molecular flexibility index (Phi) is 3.59. The van der Waals surface area contributed by atoms with Crippen LogP contribution in [0.5, 0.6) is 11.5 Å². The minimum atomic E-state index is -0.509. The average molecular weight is 264 g/mol. The van der Waals surface area contributed by atoms with Crippen molar-refractivity contribution in [1.82, 2.24) is 10.2 Å². The van der Waals surface area contributed by atoms with Gasteiger partial charge < -0.3 is 20.4 Å². The number of carbonyl (C=O) groups is 2. The van der Waals surface area contributed by atoms with Crippen molar-refractivity contribution in [3.63, 3.8) is 0 Å². The van der Waals surface area contributed by atoms with Crippen LogP contribution in [0, 0.1) is 0 Å². The highest BCUT2D eigenvalue weighted by atomic mass is 16.3. The van der Waals surface area contributed by atoms with Crippen molar-refractivity contribution >= 4 is 11.8 Å². The van der Waals surface area contributed by atoms with Gasteiger partial charge in [-0.05, 0) is 18.6 Å². The molecule has 0 radical (unpaired) electrons. The van der Waals surface area contributed by atoms with E-state index in [0.29, 0.717) is 19.5 Å². The van der Waals surface area contributed by atoms with Gasteiger partial charge in [0.25, 0.3) is 5.91 Å².